The highest BCUT2D eigenvalue weighted by Crippen LogP contribution is 2.28. The maximum atomic E-state index is 12.3. The second-order valence-corrected chi connectivity index (χ2v) is 8.06. The molecule has 0 saturated carbocycles. The molecule has 5 heteroatoms. The van der Waals surface area contributed by atoms with Gasteiger partial charge in [0.05, 0.1) is 2.88 Å². The Morgan fingerprint density at radius 1 is 1.24 bits per heavy atom. The smallest absolute Gasteiger partial charge is 0.195 e. The fraction of sp³-hybridized carbons (Fsp3) is 0.0833. The van der Waals surface area contributed by atoms with E-state index < -0.39 is 0 Å². The van der Waals surface area contributed by atoms with Gasteiger partial charge in [0.15, 0.2) is 5.78 Å². The zero-order valence-electron chi connectivity index (χ0n) is 8.76. The van der Waals surface area contributed by atoms with E-state index in [-0.39, 0.29) is 5.78 Å². The van der Waals surface area contributed by atoms with Crippen molar-refractivity contribution in [1.29, 1.82) is 0 Å². The van der Waals surface area contributed by atoms with Crippen molar-refractivity contribution in [3.05, 3.63) is 52.1 Å². The first-order valence-corrected chi connectivity index (χ1v) is 8.28. The summed E-state index contributed by atoms with van der Waals surface area (Å²) in [5, 5.41) is 1.89. The number of halogens is 3. The van der Waals surface area contributed by atoms with E-state index in [1.807, 2.05) is 30.5 Å². The van der Waals surface area contributed by atoms with E-state index in [9.17, 15) is 4.79 Å². The van der Waals surface area contributed by atoms with Gasteiger partial charge >= 0.3 is 0 Å². The van der Waals surface area contributed by atoms with Gasteiger partial charge in [0.1, 0.15) is 0 Å². The summed E-state index contributed by atoms with van der Waals surface area (Å²) in [5.41, 5.74) is 2.54. The molecule has 2 aromatic rings. The standard InChI is InChI=1S/C12H7Br2IOS/c1-6-2-10(14)8(4-9(6)13)12(16)7-3-11(15)17-5-7/h2-5H,1H3. The minimum atomic E-state index is 0.0525. The van der Waals surface area contributed by atoms with Crippen LogP contribution in [-0.2, 0) is 0 Å². The monoisotopic (exact) mass is 484 g/mol. The molecular formula is C12H7Br2IOS. The number of rotatable bonds is 2. The summed E-state index contributed by atoms with van der Waals surface area (Å²) in [5.74, 6) is 0.0525. The average molecular weight is 486 g/mol. The summed E-state index contributed by atoms with van der Waals surface area (Å²) in [6, 6.07) is 5.73. The van der Waals surface area contributed by atoms with Gasteiger partial charge in [-0.15, -0.1) is 11.3 Å². The van der Waals surface area contributed by atoms with Crippen LogP contribution in [0.1, 0.15) is 21.5 Å². The highest BCUT2D eigenvalue weighted by Gasteiger charge is 2.15. The largest absolute Gasteiger partial charge is 0.289 e. The number of carbonyl (C=O) groups excluding carboxylic acids is 1. The normalized spacial score (nSPS) is 10.6. The third-order valence-electron chi connectivity index (χ3n) is 2.32. The summed E-state index contributed by atoms with van der Waals surface area (Å²) >= 11 is 10.7. The lowest BCUT2D eigenvalue weighted by molar-refractivity contribution is 0.103. The number of carbonyl (C=O) groups is 1. The Labute approximate surface area is 134 Å². The molecule has 0 spiro atoms. The van der Waals surface area contributed by atoms with Crippen LogP contribution >= 0.6 is 65.8 Å². The van der Waals surface area contributed by atoms with Crippen LogP contribution in [0.4, 0.5) is 0 Å². The number of ketones is 1. The van der Waals surface area contributed by atoms with E-state index in [1.54, 1.807) is 11.3 Å². The second kappa shape index (κ2) is 5.50. The van der Waals surface area contributed by atoms with Gasteiger partial charge in [0, 0.05) is 25.5 Å². The minimum absolute atomic E-state index is 0.0525. The molecule has 0 aliphatic carbocycles. The van der Waals surface area contributed by atoms with Gasteiger partial charge in [-0.25, -0.2) is 0 Å². The quantitative estimate of drug-likeness (QED) is 0.410. The van der Waals surface area contributed by atoms with E-state index in [4.69, 9.17) is 0 Å². The molecular weight excluding hydrogens is 479 g/mol. The maximum absolute atomic E-state index is 12.3. The summed E-state index contributed by atoms with van der Waals surface area (Å²) in [7, 11) is 0. The highest BCUT2D eigenvalue weighted by molar-refractivity contribution is 14.1. The van der Waals surface area contributed by atoms with Crippen molar-refractivity contribution in [3.63, 3.8) is 0 Å². The van der Waals surface area contributed by atoms with Crippen molar-refractivity contribution in [2.45, 2.75) is 6.92 Å². The fourth-order valence-electron chi connectivity index (χ4n) is 1.40. The lowest BCUT2D eigenvalue weighted by Crippen LogP contribution is -2.01. The van der Waals surface area contributed by atoms with Crippen LogP contribution < -0.4 is 0 Å². The van der Waals surface area contributed by atoms with E-state index >= 15 is 0 Å². The van der Waals surface area contributed by atoms with Gasteiger partial charge in [-0.1, -0.05) is 31.9 Å². The van der Waals surface area contributed by atoms with E-state index in [1.165, 1.54) is 0 Å². The number of thiophene rings is 1. The van der Waals surface area contributed by atoms with Crippen LogP contribution in [0, 0.1) is 9.81 Å². The molecule has 88 valence electrons. The zero-order valence-corrected chi connectivity index (χ0v) is 14.9. The second-order valence-electron chi connectivity index (χ2n) is 3.55. The topological polar surface area (TPSA) is 17.1 Å². The number of aryl methyl sites for hydroxylation is 1. The van der Waals surface area contributed by atoms with Crippen molar-refractivity contribution in [2.75, 3.05) is 0 Å². The number of benzene rings is 1. The van der Waals surface area contributed by atoms with Crippen LogP contribution in [0.3, 0.4) is 0 Å². The van der Waals surface area contributed by atoms with E-state index in [0.717, 1.165) is 23.0 Å². The third kappa shape index (κ3) is 3.00. The highest BCUT2D eigenvalue weighted by atomic mass is 127. The summed E-state index contributed by atoms with van der Waals surface area (Å²) in [6.07, 6.45) is 0. The van der Waals surface area contributed by atoms with Crippen LogP contribution in [0.15, 0.2) is 32.5 Å². The summed E-state index contributed by atoms with van der Waals surface area (Å²) in [4.78, 5) is 12.3. The SMILES string of the molecule is Cc1cc(Br)c(C(=O)c2csc(I)c2)cc1Br. The molecule has 1 aromatic heterocycles. The molecule has 0 radical (unpaired) electrons. The molecule has 1 heterocycles. The van der Waals surface area contributed by atoms with Gasteiger partial charge in [-0.3, -0.25) is 4.79 Å². The maximum Gasteiger partial charge on any atom is 0.195 e. The first-order chi connectivity index (χ1) is 7.99. The van der Waals surface area contributed by atoms with E-state index in [0.29, 0.717) is 5.56 Å². The van der Waals surface area contributed by atoms with Crippen molar-refractivity contribution in [2.24, 2.45) is 0 Å². The molecule has 0 unspecified atom stereocenters. The molecule has 0 bridgehead atoms. The van der Waals surface area contributed by atoms with Crippen LogP contribution in [0.2, 0.25) is 0 Å². The third-order valence-corrected chi connectivity index (χ3v) is 5.62. The molecule has 0 aliphatic heterocycles. The molecule has 0 saturated heterocycles. The van der Waals surface area contributed by atoms with Crippen molar-refractivity contribution < 1.29 is 4.79 Å². The molecule has 0 fully saturated rings. The Morgan fingerprint density at radius 3 is 2.53 bits per heavy atom. The van der Waals surface area contributed by atoms with Crippen LogP contribution in [-0.4, -0.2) is 5.78 Å². The Morgan fingerprint density at radius 2 is 1.94 bits per heavy atom. The molecule has 2 rings (SSSR count). The fourth-order valence-corrected chi connectivity index (χ4v) is 3.71. The van der Waals surface area contributed by atoms with Gasteiger partial charge in [-0.2, -0.15) is 0 Å². The lowest BCUT2D eigenvalue weighted by Gasteiger charge is -2.05. The van der Waals surface area contributed by atoms with Crippen molar-refractivity contribution >= 4 is 71.6 Å². The zero-order chi connectivity index (χ0) is 12.6. The molecule has 17 heavy (non-hydrogen) atoms. The van der Waals surface area contributed by atoms with Crippen molar-refractivity contribution in [3.8, 4) is 0 Å². The van der Waals surface area contributed by atoms with Gasteiger partial charge in [0.25, 0.3) is 0 Å². The lowest BCUT2D eigenvalue weighted by atomic mass is 10.0. The van der Waals surface area contributed by atoms with Gasteiger partial charge in [0.2, 0.25) is 0 Å². The first-order valence-electron chi connectivity index (χ1n) is 4.73. The predicted molar refractivity (Wildman–Crippen MR) is 87.0 cm³/mol. The molecule has 0 atom stereocenters. The molecule has 0 amide bonds. The van der Waals surface area contributed by atoms with Gasteiger partial charge in [-0.05, 0) is 53.3 Å². The molecule has 1 aromatic carbocycles. The first kappa shape index (κ1) is 13.7. The minimum Gasteiger partial charge on any atom is -0.289 e. The average Bonchev–Trinajstić information content (AvgIpc) is 2.69. The Hall–Kier alpha value is 0.280. The predicted octanol–water partition coefficient (Wildman–Crippen LogP) is 5.42. The Kier molecular flexibility index (Phi) is 4.44. The number of hydrogen-bond acceptors (Lipinski definition) is 2. The summed E-state index contributed by atoms with van der Waals surface area (Å²) < 4.78 is 2.91. The summed E-state index contributed by atoms with van der Waals surface area (Å²) in [6.45, 7) is 2.00. The molecule has 0 aliphatic rings. The van der Waals surface area contributed by atoms with Crippen LogP contribution in [0.5, 0.6) is 0 Å². The Balaban J connectivity index is 2.47. The Bertz CT molecular complexity index is 592. The number of hydrogen-bond donors (Lipinski definition) is 0. The molecule has 0 N–H and O–H groups in total. The van der Waals surface area contributed by atoms with Crippen LogP contribution in [0.25, 0.3) is 0 Å². The van der Waals surface area contributed by atoms with Crippen molar-refractivity contribution in [1.82, 2.24) is 0 Å². The molecule has 1 nitrogen and oxygen atoms in total. The van der Waals surface area contributed by atoms with E-state index in [2.05, 4.69) is 54.5 Å². The van der Waals surface area contributed by atoms with Gasteiger partial charge < -0.3 is 0 Å².